The van der Waals surface area contributed by atoms with Crippen molar-refractivity contribution >= 4 is 0 Å². The van der Waals surface area contributed by atoms with Gasteiger partial charge in [-0.15, -0.1) is 0 Å². The molecule has 1 heterocycles. The summed E-state index contributed by atoms with van der Waals surface area (Å²) >= 11 is 0. The Bertz CT molecular complexity index is 260. The van der Waals surface area contributed by atoms with Crippen LogP contribution in [0.25, 0.3) is 0 Å². The minimum atomic E-state index is 0.128. The number of nitrogens with zero attached hydrogens (tertiary/aromatic N) is 2. The first-order valence-corrected chi connectivity index (χ1v) is 5.10. The lowest BCUT2D eigenvalue weighted by Gasteiger charge is -2.17. The molecule has 0 radical (unpaired) electrons. The number of hydrogen-bond acceptors (Lipinski definition) is 3. The van der Waals surface area contributed by atoms with E-state index in [1.54, 1.807) is 6.20 Å². The standard InChI is InChI=1S/C10H19N3O/c1-3-4-12-10(8-14)7-13-6-5-11-9(13)2/h5-6,10,12,14H,3-4,7-8H2,1-2H3. The Labute approximate surface area is 85.0 Å². The van der Waals surface area contributed by atoms with Gasteiger partial charge in [-0.1, -0.05) is 6.92 Å². The summed E-state index contributed by atoms with van der Waals surface area (Å²) < 4.78 is 2.05. The van der Waals surface area contributed by atoms with Crippen LogP contribution in [0.4, 0.5) is 0 Å². The first-order valence-electron chi connectivity index (χ1n) is 5.10. The fourth-order valence-electron chi connectivity index (χ4n) is 1.37. The summed E-state index contributed by atoms with van der Waals surface area (Å²) in [4.78, 5) is 4.14. The van der Waals surface area contributed by atoms with E-state index >= 15 is 0 Å². The van der Waals surface area contributed by atoms with Crippen molar-refractivity contribution in [1.29, 1.82) is 0 Å². The number of imidazole rings is 1. The molecule has 0 aliphatic rings. The molecule has 1 rings (SSSR count). The van der Waals surface area contributed by atoms with Crippen molar-refractivity contribution in [3.05, 3.63) is 18.2 Å². The molecule has 0 bridgehead atoms. The minimum absolute atomic E-state index is 0.128. The molecule has 80 valence electrons. The van der Waals surface area contributed by atoms with Crippen LogP contribution in [-0.4, -0.2) is 33.9 Å². The molecule has 1 unspecified atom stereocenters. The monoisotopic (exact) mass is 197 g/mol. The highest BCUT2D eigenvalue weighted by Crippen LogP contribution is 1.97. The Balaban J connectivity index is 2.44. The fraction of sp³-hybridized carbons (Fsp3) is 0.700. The van der Waals surface area contributed by atoms with Gasteiger partial charge in [0.2, 0.25) is 0 Å². The largest absolute Gasteiger partial charge is 0.395 e. The number of aliphatic hydroxyl groups excluding tert-OH is 1. The van der Waals surface area contributed by atoms with Crippen molar-refractivity contribution in [3.8, 4) is 0 Å². The van der Waals surface area contributed by atoms with E-state index < -0.39 is 0 Å². The first kappa shape index (κ1) is 11.2. The van der Waals surface area contributed by atoms with Crippen LogP contribution in [0.2, 0.25) is 0 Å². The van der Waals surface area contributed by atoms with Gasteiger partial charge in [-0.05, 0) is 19.9 Å². The van der Waals surface area contributed by atoms with Crippen LogP contribution in [0.5, 0.6) is 0 Å². The summed E-state index contributed by atoms with van der Waals surface area (Å²) in [7, 11) is 0. The molecule has 0 aliphatic carbocycles. The molecule has 1 atom stereocenters. The maximum absolute atomic E-state index is 9.15. The van der Waals surface area contributed by atoms with Gasteiger partial charge < -0.3 is 15.0 Å². The van der Waals surface area contributed by atoms with Gasteiger partial charge in [0, 0.05) is 25.0 Å². The average molecular weight is 197 g/mol. The molecule has 0 aromatic carbocycles. The number of rotatable bonds is 6. The molecule has 0 saturated heterocycles. The lowest BCUT2D eigenvalue weighted by molar-refractivity contribution is 0.228. The molecule has 0 fully saturated rings. The fourth-order valence-corrected chi connectivity index (χ4v) is 1.37. The number of hydrogen-bond donors (Lipinski definition) is 2. The van der Waals surface area contributed by atoms with E-state index in [1.165, 1.54) is 0 Å². The highest BCUT2D eigenvalue weighted by Gasteiger charge is 2.07. The van der Waals surface area contributed by atoms with Crippen molar-refractivity contribution < 1.29 is 5.11 Å². The molecule has 0 amide bonds. The zero-order chi connectivity index (χ0) is 10.4. The molecule has 0 spiro atoms. The van der Waals surface area contributed by atoms with Gasteiger partial charge >= 0.3 is 0 Å². The third-order valence-corrected chi connectivity index (χ3v) is 2.24. The zero-order valence-electron chi connectivity index (χ0n) is 8.90. The maximum Gasteiger partial charge on any atom is 0.105 e. The number of nitrogens with one attached hydrogen (secondary N) is 1. The van der Waals surface area contributed by atoms with E-state index in [4.69, 9.17) is 5.11 Å². The Morgan fingerprint density at radius 3 is 2.93 bits per heavy atom. The third kappa shape index (κ3) is 3.12. The molecular formula is C10H19N3O. The second-order valence-corrected chi connectivity index (χ2v) is 3.46. The molecular weight excluding hydrogens is 178 g/mol. The smallest absolute Gasteiger partial charge is 0.105 e. The van der Waals surface area contributed by atoms with Crippen LogP contribution < -0.4 is 5.32 Å². The van der Waals surface area contributed by atoms with Gasteiger partial charge in [0.05, 0.1) is 6.61 Å². The Morgan fingerprint density at radius 2 is 2.43 bits per heavy atom. The van der Waals surface area contributed by atoms with E-state index in [0.717, 1.165) is 25.3 Å². The van der Waals surface area contributed by atoms with E-state index in [9.17, 15) is 0 Å². The summed E-state index contributed by atoms with van der Waals surface area (Å²) in [5, 5.41) is 12.4. The van der Waals surface area contributed by atoms with Crippen molar-refractivity contribution in [1.82, 2.24) is 14.9 Å². The lowest BCUT2D eigenvalue weighted by atomic mass is 10.3. The van der Waals surface area contributed by atoms with Crippen LogP contribution in [0.3, 0.4) is 0 Å². The van der Waals surface area contributed by atoms with Gasteiger partial charge in [-0.3, -0.25) is 0 Å². The predicted octanol–water partition coefficient (Wildman–Crippen LogP) is 0.552. The molecule has 1 aromatic rings. The highest BCUT2D eigenvalue weighted by molar-refractivity contribution is 4.89. The number of aliphatic hydroxyl groups is 1. The van der Waals surface area contributed by atoms with Crippen LogP contribution in [0.15, 0.2) is 12.4 Å². The van der Waals surface area contributed by atoms with Crippen molar-refractivity contribution in [2.45, 2.75) is 32.9 Å². The summed E-state index contributed by atoms with van der Waals surface area (Å²) in [5.41, 5.74) is 0. The second-order valence-electron chi connectivity index (χ2n) is 3.46. The van der Waals surface area contributed by atoms with Crippen LogP contribution in [-0.2, 0) is 6.54 Å². The van der Waals surface area contributed by atoms with Gasteiger partial charge in [0.1, 0.15) is 5.82 Å². The number of aryl methyl sites for hydroxylation is 1. The molecule has 14 heavy (non-hydrogen) atoms. The summed E-state index contributed by atoms with van der Waals surface area (Å²) in [6.45, 7) is 5.97. The van der Waals surface area contributed by atoms with Gasteiger partial charge in [-0.2, -0.15) is 0 Å². The van der Waals surface area contributed by atoms with E-state index in [2.05, 4.69) is 17.2 Å². The van der Waals surface area contributed by atoms with E-state index in [1.807, 2.05) is 17.7 Å². The third-order valence-electron chi connectivity index (χ3n) is 2.24. The lowest BCUT2D eigenvalue weighted by Crippen LogP contribution is -2.36. The number of aromatic nitrogens is 2. The predicted molar refractivity (Wildman–Crippen MR) is 56.1 cm³/mol. The topological polar surface area (TPSA) is 50.1 Å². The highest BCUT2D eigenvalue weighted by atomic mass is 16.3. The summed E-state index contributed by atoms with van der Waals surface area (Å²) in [5.74, 6) is 0.988. The Morgan fingerprint density at radius 1 is 1.64 bits per heavy atom. The Kier molecular flexibility index (Phi) is 4.62. The molecule has 4 nitrogen and oxygen atoms in total. The van der Waals surface area contributed by atoms with Crippen molar-refractivity contribution in [3.63, 3.8) is 0 Å². The van der Waals surface area contributed by atoms with Crippen molar-refractivity contribution in [2.24, 2.45) is 0 Å². The van der Waals surface area contributed by atoms with Crippen molar-refractivity contribution in [2.75, 3.05) is 13.2 Å². The maximum atomic E-state index is 9.15. The molecule has 4 heteroatoms. The zero-order valence-corrected chi connectivity index (χ0v) is 8.90. The van der Waals surface area contributed by atoms with E-state index in [-0.39, 0.29) is 12.6 Å². The average Bonchev–Trinajstić information content (AvgIpc) is 2.59. The van der Waals surface area contributed by atoms with Gasteiger partial charge in [0.15, 0.2) is 0 Å². The summed E-state index contributed by atoms with van der Waals surface area (Å²) in [6.07, 6.45) is 4.80. The molecule has 0 aliphatic heterocycles. The minimum Gasteiger partial charge on any atom is -0.395 e. The van der Waals surface area contributed by atoms with Crippen LogP contribution in [0, 0.1) is 6.92 Å². The van der Waals surface area contributed by atoms with Gasteiger partial charge in [-0.25, -0.2) is 4.98 Å². The quantitative estimate of drug-likeness (QED) is 0.700. The SMILES string of the molecule is CCCNC(CO)Cn1ccnc1C. The van der Waals surface area contributed by atoms with Gasteiger partial charge in [0.25, 0.3) is 0 Å². The summed E-state index contributed by atoms with van der Waals surface area (Å²) in [6, 6.07) is 0.128. The molecule has 2 N–H and O–H groups in total. The van der Waals surface area contributed by atoms with E-state index in [0.29, 0.717) is 0 Å². The normalized spacial score (nSPS) is 13.1. The van der Waals surface area contributed by atoms with Crippen LogP contribution in [0.1, 0.15) is 19.2 Å². The Hall–Kier alpha value is -0.870. The first-order chi connectivity index (χ1) is 6.77. The molecule has 1 aromatic heterocycles. The molecule has 0 saturated carbocycles. The van der Waals surface area contributed by atoms with Crippen LogP contribution >= 0.6 is 0 Å². The second kappa shape index (κ2) is 5.78.